The van der Waals surface area contributed by atoms with E-state index in [1.807, 2.05) is 0 Å². The van der Waals surface area contributed by atoms with Crippen LogP contribution < -0.4 is 35.8 Å². The number of azide groups is 2. The van der Waals surface area contributed by atoms with E-state index in [0.29, 0.717) is 24.7 Å². The van der Waals surface area contributed by atoms with Crippen molar-refractivity contribution in [2.75, 3.05) is 39.6 Å². The van der Waals surface area contributed by atoms with Crippen molar-refractivity contribution in [2.45, 2.75) is 51.2 Å². The van der Waals surface area contributed by atoms with Crippen LogP contribution in [0.15, 0.2) is 74.5 Å². The first kappa shape index (κ1) is 47.2. The molecule has 0 bridgehead atoms. The minimum atomic E-state index is -5.30. The summed E-state index contributed by atoms with van der Waals surface area (Å²) in [5, 5.41) is 28.3. The van der Waals surface area contributed by atoms with Crippen molar-refractivity contribution in [3.05, 3.63) is 113 Å². The van der Waals surface area contributed by atoms with E-state index in [9.17, 15) is 38.6 Å². The maximum atomic E-state index is 12.5. The fourth-order valence-corrected chi connectivity index (χ4v) is 5.19. The lowest BCUT2D eigenvalue weighted by Gasteiger charge is -2.30. The molecule has 4 N–H and O–H groups in total. The van der Waals surface area contributed by atoms with Crippen LogP contribution >= 0.6 is 7.82 Å². The zero-order valence-corrected chi connectivity index (χ0v) is 32.2. The van der Waals surface area contributed by atoms with Gasteiger partial charge in [-0.15, -0.1) is 0 Å². The first-order valence-electron chi connectivity index (χ1n) is 17.3. The van der Waals surface area contributed by atoms with Gasteiger partial charge >= 0.3 is 11.7 Å². The third-order valence-electron chi connectivity index (χ3n) is 7.48. The van der Waals surface area contributed by atoms with Crippen LogP contribution in [0.25, 0.3) is 20.9 Å². The number of hydrogen-bond acceptors (Lipinski definition) is 16. The number of rotatable bonds is 19. The molecule has 0 aliphatic carbocycles. The third-order valence-corrected chi connectivity index (χ3v) is 7.95. The average molecular weight is 844 g/mol. The van der Waals surface area contributed by atoms with Gasteiger partial charge in [-0.1, -0.05) is 34.2 Å². The van der Waals surface area contributed by atoms with Gasteiger partial charge in [-0.25, -0.2) is 9.59 Å². The second kappa shape index (κ2) is 23.9. The molecule has 0 radical (unpaired) electrons. The van der Waals surface area contributed by atoms with E-state index < -0.39 is 68.4 Å². The number of aliphatic hydroxyl groups is 1. The van der Waals surface area contributed by atoms with Gasteiger partial charge in [0.2, 0.25) is 0 Å². The van der Waals surface area contributed by atoms with Crippen molar-refractivity contribution in [3.63, 3.8) is 0 Å². The van der Waals surface area contributed by atoms with Crippen molar-refractivity contribution in [3.8, 4) is 23.3 Å². The molecular weight excluding hydrogens is 805 g/mol. The summed E-state index contributed by atoms with van der Waals surface area (Å²) in [5.41, 5.74) is 15.4. The molecule has 3 aromatic rings. The molecule has 24 nitrogen and oxygen atoms in total. The Kier molecular flexibility index (Phi) is 19.1. The number of ether oxygens (including phenoxy) is 5. The number of H-pyrrole nitrogens is 1. The topological polar surface area (TPSA) is 358 Å². The number of phosphoric acid groups is 1. The lowest BCUT2D eigenvalue weighted by atomic mass is 10.2. The maximum absolute atomic E-state index is 12.5. The summed E-state index contributed by atoms with van der Waals surface area (Å²) in [6.07, 6.45) is -4.20. The lowest BCUT2D eigenvalue weighted by molar-refractivity contribution is -0.343. The number of carbonyl (C=O) groups excluding carboxylic acids is 1. The maximum Gasteiger partial charge on any atom is 0.335 e. The molecule has 1 amide bonds. The zero-order valence-electron chi connectivity index (χ0n) is 31.3. The molecule has 4 rings (SSSR count). The van der Waals surface area contributed by atoms with E-state index in [-0.39, 0.29) is 42.9 Å². The van der Waals surface area contributed by atoms with Crippen LogP contribution in [0.3, 0.4) is 0 Å². The number of carbonyl (C=O) groups is 2. The number of aliphatic hydroxyl groups excluding tert-OH is 1. The van der Waals surface area contributed by atoms with Crippen LogP contribution in [0.2, 0.25) is 0 Å². The molecule has 1 aliphatic heterocycles. The Morgan fingerprint density at radius 3 is 2.15 bits per heavy atom. The molecule has 59 heavy (non-hydrogen) atoms. The highest BCUT2D eigenvalue weighted by atomic mass is 31.2. The van der Waals surface area contributed by atoms with E-state index in [1.54, 1.807) is 38.1 Å². The number of nitrogens with zero attached hydrogens (tertiary/aromatic N) is 7. The molecule has 316 valence electrons. The SMILES string of the molecule is CCOC(COc1cccc(C(=O)NCC#Cc2cn(C3CC(O)C(COP(=O)([O-])[O-])O3)c(=O)[nH]c2=O)c1)N=[N+]=[N-].CCOC(COc1cccc(C(=O)O)c1)N=[N+]=[N-]. The predicted molar refractivity (Wildman–Crippen MR) is 199 cm³/mol. The number of aromatic carboxylic acids is 1. The Balaban J connectivity index is 0.000000431. The Hall–Kier alpha value is -6.21. The second-order valence-electron chi connectivity index (χ2n) is 11.6. The van der Waals surface area contributed by atoms with Crippen molar-refractivity contribution < 1.29 is 62.4 Å². The van der Waals surface area contributed by atoms with Gasteiger partial charge in [-0.2, -0.15) is 0 Å². The molecule has 1 fully saturated rings. The van der Waals surface area contributed by atoms with E-state index in [4.69, 9.17) is 39.9 Å². The first-order valence-corrected chi connectivity index (χ1v) is 18.8. The predicted octanol–water partition coefficient (Wildman–Crippen LogP) is 1.30. The molecule has 2 aromatic carbocycles. The van der Waals surface area contributed by atoms with E-state index in [0.717, 1.165) is 10.8 Å². The smallest absolute Gasteiger partial charge is 0.335 e. The van der Waals surface area contributed by atoms with Gasteiger partial charge in [0, 0.05) is 41.2 Å². The number of nitrogens with one attached hydrogen (secondary N) is 2. The van der Waals surface area contributed by atoms with Gasteiger partial charge in [-0.3, -0.25) is 19.1 Å². The number of carboxylic acids is 1. The van der Waals surface area contributed by atoms with Gasteiger partial charge in [0.05, 0.1) is 32.6 Å². The number of carboxylic acid groups (broad SMARTS) is 1. The zero-order chi connectivity index (χ0) is 43.4. The van der Waals surface area contributed by atoms with Crippen LogP contribution in [-0.2, 0) is 23.3 Å². The van der Waals surface area contributed by atoms with Crippen LogP contribution in [0.1, 0.15) is 52.8 Å². The average Bonchev–Trinajstić information content (AvgIpc) is 3.57. The molecule has 1 aromatic heterocycles. The monoisotopic (exact) mass is 843 g/mol. The first-order chi connectivity index (χ1) is 28.2. The van der Waals surface area contributed by atoms with Gasteiger partial charge in [0.15, 0.2) is 12.5 Å². The van der Waals surface area contributed by atoms with Crippen molar-refractivity contribution in [1.29, 1.82) is 0 Å². The van der Waals surface area contributed by atoms with Crippen molar-refractivity contribution >= 4 is 19.7 Å². The van der Waals surface area contributed by atoms with E-state index in [2.05, 4.69) is 46.7 Å². The van der Waals surface area contributed by atoms with Gasteiger partial charge in [0.25, 0.3) is 11.5 Å². The number of phosphoric ester groups is 1. The summed E-state index contributed by atoms with van der Waals surface area (Å²) in [6, 6.07) is 12.2. The van der Waals surface area contributed by atoms with Crippen LogP contribution in [0.4, 0.5) is 0 Å². The standard InChI is InChI=1S/C23H27N6O11P.C11H13N3O4/c1-2-37-19(27-28-24)13-38-16-7-3-5-14(9-16)21(31)25-8-4-6-15-11-29(23(33)26-22(15)32)20-10-17(30)18(40-20)12-39-41(34,35)36;1-2-17-10(13-14-12)7-18-9-5-3-4-8(6-9)11(15)16/h3,5,7,9,11,17-20,30H,2,8,10,12-13H2,1H3,(H,25,31)(H,26,32,33)(H2,34,35,36);3-6,10H,2,7H2,1H3,(H,15,16)/p-2. The number of amides is 1. The van der Waals surface area contributed by atoms with E-state index >= 15 is 0 Å². The molecule has 0 spiro atoms. The largest absolute Gasteiger partial charge is 0.790 e. The Morgan fingerprint density at radius 2 is 1.61 bits per heavy atom. The molecule has 1 aliphatic rings. The normalized spacial score (nSPS) is 16.7. The van der Waals surface area contributed by atoms with Gasteiger partial charge < -0.3 is 58.1 Å². The summed E-state index contributed by atoms with van der Waals surface area (Å²) in [6.45, 7) is 3.26. The summed E-state index contributed by atoms with van der Waals surface area (Å²) in [5.74, 6) is 4.32. The number of benzene rings is 2. The molecule has 25 heteroatoms. The highest BCUT2D eigenvalue weighted by Crippen LogP contribution is 2.32. The minimum Gasteiger partial charge on any atom is -0.790 e. The number of hydrogen-bond donors (Lipinski definition) is 4. The molecule has 0 saturated carbocycles. The van der Waals surface area contributed by atoms with Crippen molar-refractivity contribution in [2.24, 2.45) is 10.2 Å². The Morgan fingerprint density at radius 1 is 1.03 bits per heavy atom. The summed E-state index contributed by atoms with van der Waals surface area (Å²) in [4.78, 5) is 76.5. The van der Waals surface area contributed by atoms with Gasteiger partial charge in [-0.05, 0) is 61.3 Å². The highest BCUT2D eigenvalue weighted by Gasteiger charge is 2.36. The fraction of sp³-hybridized carbons (Fsp3) is 0.412. The summed E-state index contributed by atoms with van der Waals surface area (Å²) < 4.78 is 42.4. The van der Waals surface area contributed by atoms with Crippen molar-refractivity contribution in [1.82, 2.24) is 14.9 Å². The van der Waals surface area contributed by atoms with E-state index in [1.165, 1.54) is 24.3 Å². The molecule has 5 atom stereocenters. The van der Waals surface area contributed by atoms with Crippen LogP contribution in [-0.4, -0.2) is 95.9 Å². The number of aromatic amines is 1. The minimum absolute atomic E-state index is 0.0287. The molecule has 5 unspecified atom stereocenters. The van der Waals surface area contributed by atoms with Crippen LogP contribution in [0.5, 0.6) is 11.5 Å². The lowest BCUT2D eigenvalue weighted by Crippen LogP contribution is -2.34. The van der Waals surface area contributed by atoms with Gasteiger partial charge in [0.1, 0.15) is 42.6 Å². The molecule has 1 saturated heterocycles. The Bertz CT molecular complexity index is 2230. The Labute approximate surface area is 334 Å². The van der Waals surface area contributed by atoms with Crippen LogP contribution in [0, 0.1) is 11.8 Å². The number of aromatic nitrogens is 2. The second-order valence-corrected chi connectivity index (χ2v) is 12.7. The highest BCUT2D eigenvalue weighted by molar-refractivity contribution is 7.43. The molecular formula is C34H38N9O15P-2. The molecule has 2 heterocycles. The third kappa shape index (κ3) is 16.3. The quantitative estimate of drug-likeness (QED) is 0.0434. The summed E-state index contributed by atoms with van der Waals surface area (Å²) >= 11 is 0. The summed E-state index contributed by atoms with van der Waals surface area (Å²) in [7, 11) is -5.30. The fourth-order valence-electron chi connectivity index (χ4n) is 4.87.